The maximum Gasteiger partial charge on any atom is 0.0791 e. The number of nitrogens with one attached hydrogen (secondary N) is 1. The van der Waals surface area contributed by atoms with Gasteiger partial charge in [0, 0.05) is 59.2 Å². The number of aromatic amines is 1. The zero-order valence-electron chi connectivity index (χ0n) is 19.0. The minimum Gasteiger partial charge on any atom is -0.357 e. The molecule has 6 nitrogen and oxygen atoms in total. The third-order valence-electron chi connectivity index (χ3n) is 6.64. The van der Waals surface area contributed by atoms with Crippen molar-refractivity contribution in [3.8, 4) is 5.69 Å². The summed E-state index contributed by atoms with van der Waals surface area (Å²) >= 11 is 0. The first-order chi connectivity index (χ1) is 16.2. The monoisotopic (exact) mass is 436 g/mol. The molecular weight excluding hydrogens is 408 g/mol. The molecule has 5 aromatic rings. The molecule has 166 valence electrons. The average molecular weight is 437 g/mol. The van der Waals surface area contributed by atoms with Crippen LogP contribution in [0.1, 0.15) is 48.3 Å². The van der Waals surface area contributed by atoms with E-state index >= 15 is 0 Å². The smallest absolute Gasteiger partial charge is 0.0791 e. The van der Waals surface area contributed by atoms with Crippen molar-refractivity contribution in [2.45, 2.75) is 38.9 Å². The van der Waals surface area contributed by atoms with Crippen LogP contribution in [-0.4, -0.2) is 36.0 Å². The summed E-state index contributed by atoms with van der Waals surface area (Å²) in [6.45, 7) is 6.16. The van der Waals surface area contributed by atoms with Gasteiger partial charge >= 0.3 is 0 Å². The van der Waals surface area contributed by atoms with Crippen LogP contribution < -0.4 is 0 Å². The van der Waals surface area contributed by atoms with Gasteiger partial charge in [0.25, 0.3) is 0 Å². The van der Waals surface area contributed by atoms with Crippen molar-refractivity contribution in [1.82, 2.24) is 29.4 Å². The number of aromatic nitrogens is 5. The van der Waals surface area contributed by atoms with Crippen molar-refractivity contribution >= 4 is 10.9 Å². The lowest BCUT2D eigenvalue weighted by atomic mass is 9.93. The molecule has 0 fully saturated rings. The number of rotatable bonds is 5. The van der Waals surface area contributed by atoms with E-state index in [0.29, 0.717) is 6.04 Å². The summed E-state index contributed by atoms with van der Waals surface area (Å²) in [5.41, 5.74) is 7.45. The Labute approximate surface area is 193 Å². The van der Waals surface area contributed by atoms with Gasteiger partial charge in [0.1, 0.15) is 0 Å². The Morgan fingerprint density at radius 1 is 0.970 bits per heavy atom. The molecule has 33 heavy (non-hydrogen) atoms. The molecule has 1 aliphatic heterocycles. The summed E-state index contributed by atoms with van der Waals surface area (Å²) in [4.78, 5) is 6.30. The standard InChI is InChI=1S/C27H28N6/c1-19(2)32-18-21(15-29-32)27-26-24(23-10-6-7-11-25(23)30-26)12-13-31(27)16-20-14-28-33(17-20)22-8-4-3-5-9-22/h3-11,14-15,17-19,27,30H,12-13,16H2,1-2H3/t27-/m1/s1. The van der Waals surface area contributed by atoms with Crippen molar-refractivity contribution in [3.05, 3.63) is 102 Å². The van der Waals surface area contributed by atoms with Gasteiger partial charge in [0.05, 0.1) is 24.1 Å². The molecule has 0 unspecified atom stereocenters. The third kappa shape index (κ3) is 3.56. The van der Waals surface area contributed by atoms with E-state index in [0.717, 1.165) is 25.2 Å². The van der Waals surface area contributed by atoms with E-state index in [1.165, 1.54) is 33.3 Å². The minimum atomic E-state index is 0.133. The van der Waals surface area contributed by atoms with E-state index in [9.17, 15) is 0 Å². The van der Waals surface area contributed by atoms with Crippen molar-refractivity contribution in [1.29, 1.82) is 0 Å². The molecule has 1 atom stereocenters. The lowest BCUT2D eigenvalue weighted by Gasteiger charge is -2.35. The van der Waals surface area contributed by atoms with Crippen molar-refractivity contribution in [2.75, 3.05) is 6.54 Å². The van der Waals surface area contributed by atoms with Gasteiger partial charge in [-0.05, 0) is 44.0 Å². The predicted molar refractivity (Wildman–Crippen MR) is 130 cm³/mol. The minimum absolute atomic E-state index is 0.133. The van der Waals surface area contributed by atoms with E-state index in [-0.39, 0.29) is 6.04 Å². The van der Waals surface area contributed by atoms with Crippen LogP contribution in [0, 0.1) is 0 Å². The van der Waals surface area contributed by atoms with Crippen LogP contribution in [0.2, 0.25) is 0 Å². The number of hydrogen-bond donors (Lipinski definition) is 1. The Morgan fingerprint density at radius 3 is 2.61 bits per heavy atom. The molecule has 0 saturated heterocycles. The molecular formula is C27H28N6. The molecule has 1 aliphatic rings. The van der Waals surface area contributed by atoms with Gasteiger partial charge < -0.3 is 4.98 Å². The predicted octanol–water partition coefficient (Wildman–Crippen LogP) is 5.28. The maximum atomic E-state index is 4.66. The van der Waals surface area contributed by atoms with E-state index in [1.807, 2.05) is 35.3 Å². The first kappa shape index (κ1) is 20.0. The quantitative estimate of drug-likeness (QED) is 0.408. The van der Waals surface area contributed by atoms with Crippen molar-refractivity contribution in [3.63, 3.8) is 0 Å². The number of nitrogens with zero attached hydrogens (tertiary/aromatic N) is 5. The molecule has 0 spiro atoms. The summed E-state index contributed by atoms with van der Waals surface area (Å²) in [6.07, 6.45) is 9.40. The molecule has 4 heterocycles. The highest BCUT2D eigenvalue weighted by Gasteiger charge is 2.32. The Bertz CT molecular complexity index is 1390. The molecule has 6 heteroatoms. The van der Waals surface area contributed by atoms with Crippen molar-refractivity contribution in [2.24, 2.45) is 0 Å². The third-order valence-corrected chi connectivity index (χ3v) is 6.64. The molecule has 2 aromatic carbocycles. The van der Waals surface area contributed by atoms with Gasteiger partial charge in [-0.25, -0.2) is 4.68 Å². The normalized spacial score (nSPS) is 16.5. The highest BCUT2D eigenvalue weighted by Crippen LogP contribution is 2.39. The van der Waals surface area contributed by atoms with Gasteiger partial charge in [0.2, 0.25) is 0 Å². The molecule has 0 saturated carbocycles. The molecule has 0 amide bonds. The number of benzene rings is 2. The van der Waals surface area contributed by atoms with Gasteiger partial charge in [-0.15, -0.1) is 0 Å². The molecule has 0 radical (unpaired) electrons. The largest absolute Gasteiger partial charge is 0.357 e. The molecule has 0 aliphatic carbocycles. The van der Waals surface area contributed by atoms with Crippen LogP contribution in [0.15, 0.2) is 79.4 Å². The second-order valence-corrected chi connectivity index (χ2v) is 9.16. The van der Waals surface area contributed by atoms with Gasteiger partial charge in [-0.2, -0.15) is 10.2 Å². The number of fused-ring (bicyclic) bond motifs is 3. The van der Waals surface area contributed by atoms with Crippen molar-refractivity contribution < 1.29 is 0 Å². The summed E-state index contributed by atoms with van der Waals surface area (Å²) in [6, 6.07) is 19.4. The SMILES string of the molecule is CC(C)n1cc([C@@H]2c3[nH]c4ccccc4c3CCN2Cc2cnn(-c3ccccc3)c2)cn1. The summed E-state index contributed by atoms with van der Waals surface area (Å²) in [5, 5.41) is 10.6. The zero-order chi connectivity index (χ0) is 22.4. The number of hydrogen-bond acceptors (Lipinski definition) is 3. The zero-order valence-corrected chi connectivity index (χ0v) is 19.0. The summed E-state index contributed by atoms with van der Waals surface area (Å²) < 4.78 is 4.01. The molecule has 3 aromatic heterocycles. The molecule has 6 rings (SSSR count). The van der Waals surface area contributed by atoms with E-state index < -0.39 is 0 Å². The van der Waals surface area contributed by atoms with Crippen LogP contribution in [0.25, 0.3) is 16.6 Å². The first-order valence-corrected chi connectivity index (χ1v) is 11.6. The molecule has 1 N–H and O–H groups in total. The number of H-pyrrole nitrogens is 1. The topological polar surface area (TPSA) is 54.7 Å². The van der Waals surface area contributed by atoms with E-state index in [4.69, 9.17) is 0 Å². The second-order valence-electron chi connectivity index (χ2n) is 9.16. The number of para-hydroxylation sites is 2. The Balaban J connectivity index is 1.38. The van der Waals surface area contributed by atoms with Gasteiger partial charge in [-0.1, -0.05) is 36.4 Å². The van der Waals surface area contributed by atoms with Gasteiger partial charge in [0.15, 0.2) is 0 Å². The second kappa shape index (κ2) is 8.05. The lowest BCUT2D eigenvalue weighted by Crippen LogP contribution is -2.35. The highest BCUT2D eigenvalue weighted by molar-refractivity contribution is 5.85. The van der Waals surface area contributed by atoms with E-state index in [2.05, 4.69) is 87.4 Å². The Kier molecular flexibility index (Phi) is 4.88. The average Bonchev–Trinajstić information content (AvgIpc) is 3.58. The summed E-state index contributed by atoms with van der Waals surface area (Å²) in [7, 11) is 0. The van der Waals surface area contributed by atoms with Crippen LogP contribution >= 0.6 is 0 Å². The molecule has 0 bridgehead atoms. The van der Waals surface area contributed by atoms with Crippen LogP contribution in [0.4, 0.5) is 0 Å². The van der Waals surface area contributed by atoms with Crippen LogP contribution in [-0.2, 0) is 13.0 Å². The first-order valence-electron chi connectivity index (χ1n) is 11.6. The maximum absolute atomic E-state index is 4.66. The Morgan fingerprint density at radius 2 is 1.79 bits per heavy atom. The Hall–Kier alpha value is -3.64. The van der Waals surface area contributed by atoms with Gasteiger partial charge in [-0.3, -0.25) is 9.58 Å². The lowest BCUT2D eigenvalue weighted by molar-refractivity contribution is 0.202. The van der Waals surface area contributed by atoms with Crippen LogP contribution in [0.5, 0.6) is 0 Å². The fourth-order valence-corrected chi connectivity index (χ4v) is 5.01. The van der Waals surface area contributed by atoms with Crippen LogP contribution in [0.3, 0.4) is 0 Å². The van der Waals surface area contributed by atoms with E-state index in [1.54, 1.807) is 0 Å². The highest BCUT2D eigenvalue weighted by atomic mass is 15.3. The fourth-order valence-electron chi connectivity index (χ4n) is 5.01. The fraction of sp³-hybridized carbons (Fsp3) is 0.259. The summed E-state index contributed by atoms with van der Waals surface area (Å²) in [5.74, 6) is 0.